The molecule has 1 aliphatic heterocycles. The number of piperidine rings is 1. The van der Waals surface area contributed by atoms with E-state index in [1.807, 2.05) is 0 Å². The fraction of sp³-hybridized carbons (Fsp3) is 0.429. The second-order valence-electron chi connectivity index (χ2n) is 4.78. The molecule has 5 heteroatoms. The molecule has 2 rings (SSSR count). The highest BCUT2D eigenvalue weighted by Crippen LogP contribution is 2.29. The van der Waals surface area contributed by atoms with Crippen LogP contribution in [0.15, 0.2) is 18.2 Å². The number of nitrogens with two attached hydrogens (primary N) is 1. The summed E-state index contributed by atoms with van der Waals surface area (Å²) in [6.45, 7) is 1.52. The first-order chi connectivity index (χ1) is 9.15. The van der Waals surface area contributed by atoms with Gasteiger partial charge in [0.2, 0.25) is 5.91 Å². The van der Waals surface area contributed by atoms with Crippen LogP contribution in [0.5, 0.6) is 0 Å². The van der Waals surface area contributed by atoms with Crippen molar-refractivity contribution in [3.8, 4) is 6.07 Å². The molecule has 1 heterocycles. The molecule has 0 radical (unpaired) electrons. The molecule has 1 aromatic carbocycles. The van der Waals surface area contributed by atoms with Gasteiger partial charge in [0.25, 0.3) is 0 Å². The highest BCUT2D eigenvalue weighted by atomic mass is 16.1. The molecule has 1 aliphatic rings. The minimum absolute atomic E-state index is 0.0103. The lowest BCUT2D eigenvalue weighted by Crippen LogP contribution is -2.42. The van der Waals surface area contributed by atoms with Gasteiger partial charge < -0.3 is 16.0 Å². The summed E-state index contributed by atoms with van der Waals surface area (Å²) in [5, 5.41) is 11.7. The summed E-state index contributed by atoms with van der Waals surface area (Å²) >= 11 is 0. The normalized spacial score (nSPS) is 18.7. The predicted octanol–water partition coefficient (Wildman–Crippen LogP) is 1.10. The van der Waals surface area contributed by atoms with Crippen molar-refractivity contribution < 1.29 is 4.79 Å². The lowest BCUT2D eigenvalue weighted by molar-refractivity contribution is -0.124. The molecular weight excluding hydrogens is 240 g/mol. The van der Waals surface area contributed by atoms with E-state index in [4.69, 9.17) is 11.0 Å². The summed E-state index contributed by atoms with van der Waals surface area (Å²) in [5.41, 5.74) is 8.07. The SMILES string of the molecule is CNC(=O)C1CCCN(c2cc(C#N)ccc2N)C1. The minimum Gasteiger partial charge on any atom is -0.397 e. The molecule has 0 aromatic heterocycles. The van der Waals surface area contributed by atoms with Crippen molar-refractivity contribution in [2.75, 3.05) is 30.8 Å². The zero-order valence-corrected chi connectivity index (χ0v) is 11.0. The smallest absolute Gasteiger partial charge is 0.224 e. The molecule has 0 aliphatic carbocycles. The number of hydrogen-bond donors (Lipinski definition) is 2. The van der Waals surface area contributed by atoms with Gasteiger partial charge in [-0.15, -0.1) is 0 Å². The summed E-state index contributed by atoms with van der Waals surface area (Å²) in [6.07, 6.45) is 1.85. The number of carbonyl (C=O) groups is 1. The van der Waals surface area contributed by atoms with Crippen molar-refractivity contribution in [3.63, 3.8) is 0 Å². The third kappa shape index (κ3) is 2.79. The molecule has 1 amide bonds. The van der Waals surface area contributed by atoms with Crippen LogP contribution in [0.4, 0.5) is 11.4 Å². The van der Waals surface area contributed by atoms with Gasteiger partial charge in [-0.05, 0) is 31.0 Å². The Morgan fingerprint density at radius 3 is 3.05 bits per heavy atom. The maximum Gasteiger partial charge on any atom is 0.224 e. The molecule has 0 spiro atoms. The monoisotopic (exact) mass is 258 g/mol. The van der Waals surface area contributed by atoms with E-state index in [1.165, 1.54) is 0 Å². The van der Waals surface area contributed by atoms with Gasteiger partial charge in [-0.1, -0.05) is 0 Å². The van der Waals surface area contributed by atoms with Gasteiger partial charge >= 0.3 is 0 Å². The second kappa shape index (κ2) is 5.61. The fourth-order valence-electron chi connectivity index (χ4n) is 2.50. The summed E-state index contributed by atoms with van der Waals surface area (Å²) in [4.78, 5) is 13.8. The Bertz CT molecular complexity index is 521. The standard InChI is InChI=1S/C14H18N4O/c1-17-14(19)11-3-2-6-18(9-11)13-7-10(8-15)4-5-12(13)16/h4-5,7,11H,2-3,6,9,16H2,1H3,(H,17,19). The van der Waals surface area contributed by atoms with Crippen LogP contribution in [0.1, 0.15) is 18.4 Å². The van der Waals surface area contributed by atoms with Crippen molar-refractivity contribution >= 4 is 17.3 Å². The van der Waals surface area contributed by atoms with E-state index in [1.54, 1.807) is 25.2 Å². The summed E-state index contributed by atoms with van der Waals surface area (Å²) in [6, 6.07) is 7.37. The molecule has 5 nitrogen and oxygen atoms in total. The van der Waals surface area contributed by atoms with E-state index in [0.717, 1.165) is 25.1 Å². The Kier molecular flexibility index (Phi) is 3.91. The first-order valence-electron chi connectivity index (χ1n) is 6.42. The number of amides is 1. The highest BCUT2D eigenvalue weighted by Gasteiger charge is 2.26. The van der Waals surface area contributed by atoms with Gasteiger partial charge in [-0.2, -0.15) is 5.26 Å². The number of nitrogen functional groups attached to an aromatic ring is 1. The largest absolute Gasteiger partial charge is 0.397 e. The molecular formula is C14H18N4O. The van der Waals surface area contributed by atoms with Crippen molar-refractivity contribution in [1.82, 2.24) is 5.32 Å². The van der Waals surface area contributed by atoms with Crippen LogP contribution in [-0.4, -0.2) is 26.0 Å². The van der Waals surface area contributed by atoms with Crippen LogP contribution in [0, 0.1) is 17.2 Å². The number of nitrogens with one attached hydrogen (secondary N) is 1. The quantitative estimate of drug-likeness (QED) is 0.778. The lowest BCUT2D eigenvalue weighted by Gasteiger charge is -2.34. The van der Waals surface area contributed by atoms with E-state index in [9.17, 15) is 4.79 Å². The van der Waals surface area contributed by atoms with E-state index in [0.29, 0.717) is 17.8 Å². The molecule has 0 bridgehead atoms. The maximum atomic E-state index is 11.7. The Hall–Kier alpha value is -2.22. The van der Waals surface area contributed by atoms with Crippen molar-refractivity contribution in [2.24, 2.45) is 5.92 Å². The van der Waals surface area contributed by atoms with Crippen LogP contribution in [0.25, 0.3) is 0 Å². The number of hydrogen-bond acceptors (Lipinski definition) is 4. The number of nitrogens with zero attached hydrogens (tertiary/aromatic N) is 2. The van der Waals surface area contributed by atoms with Crippen LogP contribution in [0.3, 0.4) is 0 Å². The number of nitriles is 1. The topological polar surface area (TPSA) is 82.2 Å². The van der Waals surface area contributed by atoms with Gasteiger partial charge in [0.15, 0.2) is 0 Å². The molecule has 100 valence electrons. The van der Waals surface area contributed by atoms with Gasteiger partial charge in [-0.3, -0.25) is 4.79 Å². The number of carbonyl (C=O) groups excluding carboxylic acids is 1. The molecule has 3 N–H and O–H groups in total. The van der Waals surface area contributed by atoms with E-state index < -0.39 is 0 Å². The van der Waals surface area contributed by atoms with Gasteiger partial charge in [0.05, 0.1) is 28.9 Å². The third-order valence-electron chi connectivity index (χ3n) is 3.54. The summed E-state index contributed by atoms with van der Waals surface area (Å²) < 4.78 is 0. The number of benzene rings is 1. The zero-order chi connectivity index (χ0) is 13.8. The van der Waals surface area contributed by atoms with Crippen LogP contribution >= 0.6 is 0 Å². The van der Waals surface area contributed by atoms with Crippen molar-refractivity contribution in [3.05, 3.63) is 23.8 Å². The van der Waals surface area contributed by atoms with Gasteiger partial charge in [0, 0.05) is 20.1 Å². The first-order valence-corrected chi connectivity index (χ1v) is 6.42. The fourth-order valence-corrected chi connectivity index (χ4v) is 2.50. The van der Waals surface area contributed by atoms with Crippen molar-refractivity contribution in [1.29, 1.82) is 5.26 Å². The Morgan fingerprint density at radius 1 is 1.58 bits per heavy atom. The van der Waals surface area contributed by atoms with E-state index >= 15 is 0 Å². The minimum atomic E-state index is -0.0103. The van der Waals surface area contributed by atoms with Gasteiger partial charge in [0.1, 0.15) is 0 Å². The summed E-state index contributed by atoms with van der Waals surface area (Å²) in [5.74, 6) is 0.0589. The average Bonchev–Trinajstić information content (AvgIpc) is 2.47. The molecule has 1 unspecified atom stereocenters. The van der Waals surface area contributed by atoms with E-state index in [-0.39, 0.29) is 11.8 Å². The summed E-state index contributed by atoms with van der Waals surface area (Å²) in [7, 11) is 1.66. The maximum absolute atomic E-state index is 11.7. The second-order valence-corrected chi connectivity index (χ2v) is 4.78. The Balaban J connectivity index is 2.22. The van der Waals surface area contributed by atoms with E-state index in [2.05, 4.69) is 16.3 Å². The van der Waals surface area contributed by atoms with Crippen LogP contribution < -0.4 is 16.0 Å². The highest BCUT2D eigenvalue weighted by molar-refractivity contribution is 5.80. The Morgan fingerprint density at radius 2 is 2.37 bits per heavy atom. The van der Waals surface area contributed by atoms with Crippen molar-refractivity contribution in [2.45, 2.75) is 12.8 Å². The lowest BCUT2D eigenvalue weighted by atomic mass is 9.96. The molecule has 1 saturated heterocycles. The van der Waals surface area contributed by atoms with Crippen LogP contribution in [-0.2, 0) is 4.79 Å². The number of anilines is 2. The first kappa shape index (κ1) is 13.2. The molecule has 0 saturated carbocycles. The number of rotatable bonds is 2. The van der Waals surface area contributed by atoms with Gasteiger partial charge in [-0.25, -0.2) is 0 Å². The molecule has 1 aromatic rings. The Labute approximate surface area is 113 Å². The zero-order valence-electron chi connectivity index (χ0n) is 11.0. The van der Waals surface area contributed by atoms with Crippen LogP contribution in [0.2, 0.25) is 0 Å². The molecule has 19 heavy (non-hydrogen) atoms. The average molecular weight is 258 g/mol. The predicted molar refractivity (Wildman–Crippen MR) is 74.6 cm³/mol. The molecule has 1 fully saturated rings. The third-order valence-corrected chi connectivity index (χ3v) is 3.54. The molecule has 1 atom stereocenters.